The predicted molar refractivity (Wildman–Crippen MR) is 64.4 cm³/mol. The summed E-state index contributed by atoms with van der Waals surface area (Å²) in [7, 11) is 0. The molecule has 0 aromatic carbocycles. The maximum atomic E-state index is 10.7. The minimum absolute atomic E-state index is 0.0486. The van der Waals surface area contributed by atoms with Crippen molar-refractivity contribution in [2.24, 2.45) is 0 Å². The van der Waals surface area contributed by atoms with E-state index in [2.05, 4.69) is 5.32 Å². The molecule has 0 aliphatic carbocycles. The van der Waals surface area contributed by atoms with Crippen LogP contribution in [-0.2, 0) is 6.54 Å². The number of rotatable bonds is 5. The van der Waals surface area contributed by atoms with Crippen LogP contribution in [0, 0.1) is 6.92 Å². The average Bonchev–Trinajstić information content (AvgIpc) is 2.94. The summed E-state index contributed by atoms with van der Waals surface area (Å²) in [4.78, 5) is 10.7. The first kappa shape index (κ1) is 12.4. The van der Waals surface area contributed by atoms with Crippen LogP contribution in [0.25, 0.3) is 0 Å². The molecule has 2 aromatic rings. The maximum absolute atomic E-state index is 10.7. The van der Waals surface area contributed by atoms with E-state index in [-0.39, 0.29) is 11.8 Å². The van der Waals surface area contributed by atoms with Crippen LogP contribution in [0.15, 0.2) is 33.1 Å². The molecule has 2 heterocycles. The first-order chi connectivity index (χ1) is 8.56. The predicted octanol–water partition coefficient (Wildman–Crippen LogP) is 2.73. The number of carbonyl (C=O) groups is 1. The Bertz CT molecular complexity index is 541. The quantitative estimate of drug-likeness (QED) is 0.852. The SMILES string of the molecule is Cc1ccc(CNC(C)c2ccc(C(=O)O)o2)o1. The highest BCUT2D eigenvalue weighted by Gasteiger charge is 2.14. The van der Waals surface area contributed by atoms with Gasteiger partial charge in [0.25, 0.3) is 0 Å². The van der Waals surface area contributed by atoms with Crippen molar-refractivity contribution in [2.45, 2.75) is 26.4 Å². The Hall–Kier alpha value is -2.01. The molecule has 5 nitrogen and oxygen atoms in total. The second kappa shape index (κ2) is 5.10. The molecule has 2 N–H and O–H groups in total. The molecule has 1 atom stereocenters. The van der Waals surface area contributed by atoms with Gasteiger partial charge >= 0.3 is 5.97 Å². The van der Waals surface area contributed by atoms with Gasteiger partial charge in [0.2, 0.25) is 5.76 Å². The van der Waals surface area contributed by atoms with Crippen LogP contribution in [-0.4, -0.2) is 11.1 Å². The number of carboxylic acids is 1. The van der Waals surface area contributed by atoms with Gasteiger partial charge in [0.05, 0.1) is 12.6 Å². The van der Waals surface area contributed by atoms with Gasteiger partial charge in [-0.3, -0.25) is 0 Å². The van der Waals surface area contributed by atoms with E-state index in [0.29, 0.717) is 12.3 Å². The van der Waals surface area contributed by atoms with Gasteiger partial charge in [0, 0.05) is 0 Å². The van der Waals surface area contributed by atoms with E-state index in [1.807, 2.05) is 26.0 Å². The second-order valence-electron chi connectivity index (χ2n) is 4.12. The summed E-state index contributed by atoms with van der Waals surface area (Å²) in [6.07, 6.45) is 0. The Morgan fingerprint density at radius 3 is 2.67 bits per heavy atom. The summed E-state index contributed by atoms with van der Waals surface area (Å²) >= 11 is 0. The van der Waals surface area contributed by atoms with Crippen LogP contribution < -0.4 is 5.32 Å². The third kappa shape index (κ3) is 2.81. The van der Waals surface area contributed by atoms with Crippen molar-refractivity contribution in [1.29, 1.82) is 0 Å². The van der Waals surface area contributed by atoms with Gasteiger partial charge < -0.3 is 19.3 Å². The van der Waals surface area contributed by atoms with Crippen molar-refractivity contribution in [3.8, 4) is 0 Å². The second-order valence-corrected chi connectivity index (χ2v) is 4.12. The lowest BCUT2D eigenvalue weighted by atomic mass is 10.2. The Kier molecular flexibility index (Phi) is 3.53. The monoisotopic (exact) mass is 249 g/mol. The lowest BCUT2D eigenvalue weighted by molar-refractivity contribution is 0.0659. The van der Waals surface area contributed by atoms with Gasteiger partial charge in [-0.15, -0.1) is 0 Å². The molecular formula is C13H15NO4. The molecule has 0 saturated carbocycles. The summed E-state index contributed by atoms with van der Waals surface area (Å²) in [6.45, 7) is 4.36. The molecule has 96 valence electrons. The van der Waals surface area contributed by atoms with E-state index in [9.17, 15) is 4.79 Å². The number of nitrogens with one attached hydrogen (secondary N) is 1. The molecule has 2 aromatic heterocycles. The van der Waals surface area contributed by atoms with E-state index in [4.69, 9.17) is 13.9 Å². The highest BCUT2D eigenvalue weighted by molar-refractivity contribution is 5.84. The molecule has 0 amide bonds. The first-order valence-electron chi connectivity index (χ1n) is 5.68. The Morgan fingerprint density at radius 2 is 2.11 bits per heavy atom. The van der Waals surface area contributed by atoms with E-state index in [1.54, 1.807) is 6.07 Å². The molecule has 0 aliphatic heterocycles. The van der Waals surface area contributed by atoms with E-state index in [0.717, 1.165) is 11.5 Å². The van der Waals surface area contributed by atoms with E-state index < -0.39 is 5.97 Å². The van der Waals surface area contributed by atoms with Crippen LogP contribution in [0.5, 0.6) is 0 Å². The maximum Gasteiger partial charge on any atom is 0.371 e. The van der Waals surface area contributed by atoms with Gasteiger partial charge in [-0.2, -0.15) is 0 Å². The fourth-order valence-electron chi connectivity index (χ4n) is 1.63. The minimum Gasteiger partial charge on any atom is -0.475 e. The third-order valence-electron chi connectivity index (χ3n) is 2.64. The van der Waals surface area contributed by atoms with Gasteiger partial charge in [0.1, 0.15) is 17.3 Å². The summed E-state index contributed by atoms with van der Waals surface area (Å²) < 4.78 is 10.6. The van der Waals surface area contributed by atoms with Crippen molar-refractivity contribution in [3.63, 3.8) is 0 Å². The zero-order chi connectivity index (χ0) is 13.1. The molecule has 5 heteroatoms. The number of carboxylic acid groups (broad SMARTS) is 1. The normalized spacial score (nSPS) is 12.6. The molecule has 0 spiro atoms. The fraction of sp³-hybridized carbons (Fsp3) is 0.308. The fourth-order valence-corrected chi connectivity index (χ4v) is 1.63. The molecule has 0 radical (unpaired) electrons. The zero-order valence-corrected chi connectivity index (χ0v) is 10.3. The van der Waals surface area contributed by atoms with Gasteiger partial charge in [-0.05, 0) is 38.1 Å². The Labute approximate surface area is 104 Å². The minimum atomic E-state index is -1.06. The molecular weight excluding hydrogens is 234 g/mol. The van der Waals surface area contributed by atoms with Crippen molar-refractivity contribution in [2.75, 3.05) is 0 Å². The van der Waals surface area contributed by atoms with Crippen molar-refractivity contribution in [1.82, 2.24) is 5.32 Å². The number of hydrogen-bond donors (Lipinski definition) is 2. The van der Waals surface area contributed by atoms with Crippen LogP contribution in [0.2, 0.25) is 0 Å². The lowest BCUT2D eigenvalue weighted by Gasteiger charge is -2.09. The first-order valence-corrected chi connectivity index (χ1v) is 5.68. The highest BCUT2D eigenvalue weighted by atomic mass is 16.4. The third-order valence-corrected chi connectivity index (χ3v) is 2.64. The van der Waals surface area contributed by atoms with Crippen LogP contribution in [0.3, 0.4) is 0 Å². The van der Waals surface area contributed by atoms with Crippen molar-refractivity contribution < 1.29 is 18.7 Å². The Balaban J connectivity index is 1.94. The molecule has 1 unspecified atom stereocenters. The molecule has 0 aliphatic rings. The highest BCUT2D eigenvalue weighted by Crippen LogP contribution is 2.17. The number of aromatic carboxylic acids is 1. The van der Waals surface area contributed by atoms with Gasteiger partial charge in [-0.25, -0.2) is 4.79 Å². The average molecular weight is 249 g/mol. The summed E-state index contributed by atoms with van der Waals surface area (Å²) in [5.41, 5.74) is 0. The summed E-state index contributed by atoms with van der Waals surface area (Å²) in [5.74, 6) is 1.19. The number of furan rings is 2. The molecule has 18 heavy (non-hydrogen) atoms. The van der Waals surface area contributed by atoms with Gasteiger partial charge in [0.15, 0.2) is 0 Å². The molecule has 0 bridgehead atoms. The largest absolute Gasteiger partial charge is 0.475 e. The molecule has 2 rings (SSSR count). The van der Waals surface area contributed by atoms with Gasteiger partial charge in [-0.1, -0.05) is 0 Å². The van der Waals surface area contributed by atoms with Crippen LogP contribution in [0.4, 0.5) is 0 Å². The van der Waals surface area contributed by atoms with Crippen molar-refractivity contribution >= 4 is 5.97 Å². The summed E-state index contributed by atoms with van der Waals surface area (Å²) in [6, 6.07) is 6.83. The zero-order valence-electron chi connectivity index (χ0n) is 10.3. The topological polar surface area (TPSA) is 75.6 Å². The Morgan fingerprint density at radius 1 is 1.33 bits per heavy atom. The van der Waals surface area contributed by atoms with Crippen LogP contribution >= 0.6 is 0 Å². The van der Waals surface area contributed by atoms with E-state index >= 15 is 0 Å². The molecule has 0 saturated heterocycles. The van der Waals surface area contributed by atoms with E-state index in [1.165, 1.54) is 6.07 Å². The smallest absolute Gasteiger partial charge is 0.371 e. The number of aryl methyl sites for hydroxylation is 1. The molecule has 0 fully saturated rings. The van der Waals surface area contributed by atoms with Crippen molar-refractivity contribution in [3.05, 3.63) is 47.3 Å². The standard InChI is InChI=1S/C13H15NO4/c1-8-3-4-10(17-8)7-14-9(2)11-5-6-12(18-11)13(15)16/h3-6,9,14H,7H2,1-2H3,(H,15,16). The summed E-state index contributed by atoms with van der Waals surface area (Å²) in [5, 5.41) is 12.0. The number of hydrogen-bond acceptors (Lipinski definition) is 4. The lowest BCUT2D eigenvalue weighted by Crippen LogP contribution is -2.17. The van der Waals surface area contributed by atoms with Crippen LogP contribution in [0.1, 0.15) is 40.8 Å².